The Kier molecular flexibility index (Phi) is 4.00. The van der Waals surface area contributed by atoms with Crippen LogP contribution in [0.1, 0.15) is 26.4 Å². The summed E-state index contributed by atoms with van der Waals surface area (Å²) in [5.74, 6) is 0. The minimum absolute atomic E-state index is 0.332. The number of fused-ring (bicyclic) bond motifs is 1. The van der Waals surface area contributed by atoms with Gasteiger partial charge in [-0.05, 0) is 54.0 Å². The van der Waals surface area contributed by atoms with Crippen LogP contribution in [0.15, 0.2) is 29.0 Å². The predicted octanol–water partition coefficient (Wildman–Crippen LogP) is 4.71. The minimum Gasteiger partial charge on any atom is -0.272 e. The van der Waals surface area contributed by atoms with E-state index in [0.29, 0.717) is 6.04 Å². The largest absolute Gasteiger partial charge is 0.272 e. The van der Waals surface area contributed by atoms with Gasteiger partial charge in [-0.2, -0.15) is 5.10 Å². The Morgan fingerprint density at radius 1 is 1.32 bits per heavy atom. The number of aromatic nitrogens is 2. The molecule has 7 heteroatoms. The second-order valence-electron chi connectivity index (χ2n) is 5.31. The lowest BCUT2D eigenvalue weighted by Gasteiger charge is -2.35. The van der Waals surface area contributed by atoms with Gasteiger partial charge in [-0.25, -0.2) is 4.68 Å². The Morgan fingerprint density at radius 2 is 2.23 bits per heavy atom. The monoisotopic (exact) mass is 365 g/mol. The van der Waals surface area contributed by atoms with E-state index >= 15 is 0 Å². The zero-order valence-electron chi connectivity index (χ0n) is 12.1. The van der Waals surface area contributed by atoms with Crippen LogP contribution in [0.4, 0.5) is 0 Å². The SMILES string of the molecule is Cc1nn(CN2CCc3sccc3[C@@H]2c2cccs2)c(=S)s1. The van der Waals surface area contributed by atoms with Gasteiger partial charge in [0.1, 0.15) is 5.01 Å². The van der Waals surface area contributed by atoms with Crippen molar-refractivity contribution in [2.45, 2.75) is 26.1 Å². The third-order valence-corrected chi connectivity index (χ3v) is 7.05. The van der Waals surface area contributed by atoms with Crippen LogP contribution in [0.2, 0.25) is 0 Å². The highest BCUT2D eigenvalue weighted by molar-refractivity contribution is 7.73. The Balaban J connectivity index is 1.72. The molecule has 0 aliphatic carbocycles. The molecule has 0 unspecified atom stereocenters. The van der Waals surface area contributed by atoms with E-state index in [2.05, 4.69) is 39.0 Å². The molecule has 0 saturated heterocycles. The Labute approximate surface area is 146 Å². The van der Waals surface area contributed by atoms with Gasteiger partial charge in [0.2, 0.25) is 0 Å². The molecule has 0 amide bonds. The smallest absolute Gasteiger partial charge is 0.180 e. The molecule has 1 atom stereocenters. The van der Waals surface area contributed by atoms with E-state index in [0.717, 1.165) is 28.6 Å². The highest BCUT2D eigenvalue weighted by atomic mass is 32.1. The van der Waals surface area contributed by atoms with Gasteiger partial charge in [0.25, 0.3) is 0 Å². The number of hydrogen-bond donors (Lipinski definition) is 0. The fourth-order valence-electron chi connectivity index (χ4n) is 2.97. The van der Waals surface area contributed by atoms with Crippen molar-refractivity contribution in [2.24, 2.45) is 0 Å². The molecule has 3 aromatic heterocycles. The summed E-state index contributed by atoms with van der Waals surface area (Å²) in [4.78, 5) is 5.42. The molecule has 114 valence electrons. The van der Waals surface area contributed by atoms with Gasteiger partial charge < -0.3 is 0 Å². The van der Waals surface area contributed by atoms with Crippen LogP contribution in [0, 0.1) is 10.9 Å². The second kappa shape index (κ2) is 5.98. The third-order valence-electron chi connectivity index (χ3n) is 3.90. The molecule has 0 spiro atoms. The lowest BCUT2D eigenvalue weighted by Crippen LogP contribution is -2.36. The molecular formula is C15H15N3S4. The molecule has 0 N–H and O–H groups in total. The first-order valence-corrected chi connectivity index (χ1v) is 10.1. The Morgan fingerprint density at radius 3 is 2.95 bits per heavy atom. The van der Waals surface area contributed by atoms with Crippen molar-refractivity contribution >= 4 is 46.2 Å². The predicted molar refractivity (Wildman–Crippen MR) is 96.6 cm³/mol. The van der Waals surface area contributed by atoms with Gasteiger partial charge in [0.15, 0.2) is 3.95 Å². The van der Waals surface area contributed by atoms with Crippen molar-refractivity contribution in [2.75, 3.05) is 6.54 Å². The molecule has 22 heavy (non-hydrogen) atoms. The van der Waals surface area contributed by atoms with Gasteiger partial charge in [0.05, 0.1) is 12.7 Å². The van der Waals surface area contributed by atoms with E-state index in [-0.39, 0.29) is 0 Å². The Hall–Kier alpha value is -0.860. The van der Waals surface area contributed by atoms with Crippen LogP contribution in [0.25, 0.3) is 0 Å². The fraction of sp³-hybridized carbons (Fsp3) is 0.333. The molecule has 0 aromatic carbocycles. The van der Waals surface area contributed by atoms with Crippen molar-refractivity contribution in [1.29, 1.82) is 0 Å². The lowest BCUT2D eigenvalue weighted by atomic mass is 9.99. The molecule has 1 aliphatic heterocycles. The zero-order valence-corrected chi connectivity index (χ0v) is 15.3. The maximum absolute atomic E-state index is 5.44. The quantitative estimate of drug-likeness (QED) is 0.627. The van der Waals surface area contributed by atoms with E-state index in [9.17, 15) is 0 Å². The van der Waals surface area contributed by atoms with E-state index in [1.165, 1.54) is 15.3 Å². The van der Waals surface area contributed by atoms with Crippen molar-refractivity contribution < 1.29 is 0 Å². The second-order valence-corrected chi connectivity index (χ2v) is 9.11. The number of rotatable bonds is 3. The number of thiophene rings is 2. The number of aryl methyl sites for hydroxylation is 1. The summed E-state index contributed by atoms with van der Waals surface area (Å²) in [6, 6.07) is 6.99. The fourth-order valence-corrected chi connectivity index (χ4v) is 5.81. The molecule has 3 nitrogen and oxygen atoms in total. The van der Waals surface area contributed by atoms with Crippen molar-refractivity contribution in [1.82, 2.24) is 14.7 Å². The van der Waals surface area contributed by atoms with Gasteiger partial charge in [-0.1, -0.05) is 17.4 Å². The molecule has 1 aliphatic rings. The molecular weight excluding hydrogens is 350 g/mol. The number of nitrogens with zero attached hydrogens (tertiary/aromatic N) is 3. The first-order valence-electron chi connectivity index (χ1n) is 7.10. The van der Waals surface area contributed by atoms with E-state index in [1.54, 1.807) is 11.3 Å². The number of hydrogen-bond acceptors (Lipinski definition) is 6. The average molecular weight is 366 g/mol. The van der Waals surface area contributed by atoms with E-state index in [1.807, 2.05) is 34.3 Å². The highest BCUT2D eigenvalue weighted by Crippen LogP contribution is 2.39. The molecule has 0 bridgehead atoms. The van der Waals surface area contributed by atoms with Crippen LogP contribution >= 0.6 is 46.2 Å². The summed E-state index contributed by atoms with van der Waals surface area (Å²) in [5.41, 5.74) is 1.46. The standard InChI is InChI=1S/C15H15N3S4/c1-10-16-18(15(19)22-10)9-17-6-4-12-11(5-8-21-12)14(17)13-3-2-7-20-13/h2-3,5,7-8,14H,4,6,9H2,1H3/t14-/m1/s1. The molecule has 0 saturated carbocycles. The summed E-state index contributed by atoms with van der Waals surface area (Å²) in [6.45, 7) is 3.83. The van der Waals surface area contributed by atoms with Crippen LogP contribution in [0.3, 0.4) is 0 Å². The van der Waals surface area contributed by atoms with Gasteiger partial charge >= 0.3 is 0 Å². The summed E-state index contributed by atoms with van der Waals surface area (Å²) >= 11 is 10.7. The zero-order chi connectivity index (χ0) is 15.1. The summed E-state index contributed by atoms with van der Waals surface area (Å²) in [5, 5.41) is 9.97. The van der Waals surface area contributed by atoms with Gasteiger partial charge in [-0.3, -0.25) is 4.90 Å². The Bertz CT molecular complexity index is 827. The molecule has 4 rings (SSSR count). The summed E-state index contributed by atoms with van der Waals surface area (Å²) in [7, 11) is 0. The topological polar surface area (TPSA) is 21.1 Å². The molecule has 0 fully saturated rings. The summed E-state index contributed by atoms with van der Waals surface area (Å²) in [6.07, 6.45) is 1.12. The van der Waals surface area contributed by atoms with Gasteiger partial charge in [-0.15, -0.1) is 22.7 Å². The first-order chi connectivity index (χ1) is 10.7. The molecule has 0 radical (unpaired) electrons. The van der Waals surface area contributed by atoms with Gasteiger partial charge in [0, 0.05) is 16.3 Å². The average Bonchev–Trinajstić information content (AvgIpc) is 3.21. The van der Waals surface area contributed by atoms with Crippen LogP contribution in [0.5, 0.6) is 0 Å². The van der Waals surface area contributed by atoms with E-state index < -0.39 is 0 Å². The molecule has 3 aromatic rings. The maximum atomic E-state index is 5.44. The third kappa shape index (κ3) is 2.61. The minimum atomic E-state index is 0.332. The molecule has 4 heterocycles. The highest BCUT2D eigenvalue weighted by Gasteiger charge is 2.30. The normalized spacial score (nSPS) is 18.5. The van der Waals surface area contributed by atoms with Crippen LogP contribution < -0.4 is 0 Å². The van der Waals surface area contributed by atoms with Crippen molar-refractivity contribution in [3.63, 3.8) is 0 Å². The lowest BCUT2D eigenvalue weighted by molar-refractivity contribution is 0.159. The van der Waals surface area contributed by atoms with E-state index in [4.69, 9.17) is 12.2 Å². The first kappa shape index (κ1) is 14.7. The van der Waals surface area contributed by atoms with Crippen molar-refractivity contribution in [3.8, 4) is 0 Å². The van der Waals surface area contributed by atoms with Crippen LogP contribution in [-0.2, 0) is 13.1 Å². The van der Waals surface area contributed by atoms with Crippen molar-refractivity contribution in [3.05, 3.63) is 53.2 Å². The van der Waals surface area contributed by atoms with Crippen LogP contribution in [-0.4, -0.2) is 21.2 Å². The maximum Gasteiger partial charge on any atom is 0.180 e. The summed E-state index contributed by atoms with van der Waals surface area (Å²) < 4.78 is 2.83.